The Morgan fingerprint density at radius 2 is 2.25 bits per heavy atom. The van der Waals surface area contributed by atoms with Gasteiger partial charge < -0.3 is 10.8 Å². The van der Waals surface area contributed by atoms with E-state index in [0.29, 0.717) is 12.1 Å². The van der Waals surface area contributed by atoms with Crippen LogP contribution >= 0.6 is 0 Å². The Morgan fingerprint density at radius 1 is 1.50 bits per heavy atom. The summed E-state index contributed by atoms with van der Waals surface area (Å²) in [6, 6.07) is 4.73. The summed E-state index contributed by atoms with van der Waals surface area (Å²) in [5.74, 6) is 0. The number of aliphatic hydroxyl groups excluding tert-OH is 1. The van der Waals surface area contributed by atoms with E-state index in [0.717, 1.165) is 12.0 Å². The molecule has 0 bridgehead atoms. The van der Waals surface area contributed by atoms with E-state index in [1.165, 1.54) is 6.07 Å². The van der Waals surface area contributed by atoms with Crippen molar-refractivity contribution in [1.29, 1.82) is 0 Å². The first-order valence-corrected chi connectivity index (χ1v) is 4.94. The molecule has 0 atom stereocenters. The third-order valence-electron chi connectivity index (χ3n) is 2.12. The Bertz CT molecular complexity index is 402. The zero-order valence-corrected chi connectivity index (χ0v) is 8.80. The third-order valence-corrected chi connectivity index (χ3v) is 2.12. The van der Waals surface area contributed by atoms with Gasteiger partial charge in [0.05, 0.1) is 17.1 Å². The molecule has 5 nitrogen and oxygen atoms in total. The molecule has 0 saturated carbocycles. The lowest BCUT2D eigenvalue weighted by Crippen LogP contribution is -1.96. The van der Waals surface area contributed by atoms with Gasteiger partial charge in [0, 0.05) is 6.07 Å². The van der Waals surface area contributed by atoms with Crippen molar-refractivity contribution in [1.82, 2.24) is 0 Å². The lowest BCUT2D eigenvalue weighted by Gasteiger charge is -2.00. The number of nitrogens with two attached hydrogens (primary N) is 1. The van der Waals surface area contributed by atoms with E-state index in [2.05, 4.69) is 0 Å². The highest BCUT2D eigenvalue weighted by atomic mass is 16.6. The van der Waals surface area contributed by atoms with Crippen LogP contribution in [0.2, 0.25) is 0 Å². The maximum absolute atomic E-state index is 10.7. The van der Waals surface area contributed by atoms with Gasteiger partial charge in [-0.1, -0.05) is 18.2 Å². The maximum Gasteiger partial charge on any atom is 0.275 e. The second-order valence-electron chi connectivity index (χ2n) is 3.28. The van der Waals surface area contributed by atoms with E-state index in [1.807, 2.05) is 6.08 Å². The summed E-state index contributed by atoms with van der Waals surface area (Å²) >= 11 is 0. The van der Waals surface area contributed by atoms with E-state index >= 15 is 0 Å². The normalized spacial score (nSPS) is 10.9. The second-order valence-corrected chi connectivity index (χ2v) is 3.28. The lowest BCUT2D eigenvalue weighted by molar-refractivity contribution is -0.385. The highest BCUT2D eigenvalue weighted by Crippen LogP contribution is 2.21. The van der Waals surface area contributed by atoms with Crippen LogP contribution in [0.25, 0.3) is 6.08 Å². The molecule has 0 aliphatic rings. The molecule has 3 N–H and O–H groups in total. The summed E-state index contributed by atoms with van der Waals surface area (Å²) in [7, 11) is 0. The fourth-order valence-corrected chi connectivity index (χ4v) is 1.30. The van der Waals surface area contributed by atoms with Gasteiger partial charge in [-0.05, 0) is 24.6 Å². The van der Waals surface area contributed by atoms with Crippen LogP contribution in [0.4, 0.5) is 5.69 Å². The van der Waals surface area contributed by atoms with Crippen LogP contribution in [0.15, 0.2) is 24.3 Å². The Hall–Kier alpha value is -1.72. The standard InChI is InChI=1S/C11H14N2O3/c12-6-2-1-3-9-4-5-10(8-14)11(7-9)13(15)16/h1,3-5,7,14H,2,6,8,12H2. The van der Waals surface area contributed by atoms with Gasteiger partial charge >= 0.3 is 0 Å². The van der Waals surface area contributed by atoms with Crippen molar-refractivity contribution in [3.63, 3.8) is 0 Å². The average molecular weight is 222 g/mol. The summed E-state index contributed by atoms with van der Waals surface area (Å²) < 4.78 is 0. The third kappa shape index (κ3) is 3.15. The zero-order chi connectivity index (χ0) is 12.0. The summed E-state index contributed by atoms with van der Waals surface area (Å²) in [4.78, 5) is 10.2. The molecule has 0 aliphatic carbocycles. The molecular formula is C11H14N2O3. The minimum absolute atomic E-state index is 0.0580. The topological polar surface area (TPSA) is 89.4 Å². The molecule has 0 aromatic heterocycles. The first-order valence-electron chi connectivity index (χ1n) is 4.94. The van der Waals surface area contributed by atoms with Crippen molar-refractivity contribution in [2.45, 2.75) is 13.0 Å². The van der Waals surface area contributed by atoms with Crippen LogP contribution in [-0.2, 0) is 6.61 Å². The van der Waals surface area contributed by atoms with Crippen LogP contribution in [0.3, 0.4) is 0 Å². The Kier molecular flexibility index (Phi) is 4.63. The van der Waals surface area contributed by atoms with Crippen molar-refractivity contribution in [3.05, 3.63) is 45.5 Å². The molecule has 0 aliphatic heterocycles. The molecule has 0 heterocycles. The first kappa shape index (κ1) is 12.4. The van der Waals surface area contributed by atoms with E-state index in [9.17, 15) is 10.1 Å². The largest absolute Gasteiger partial charge is 0.391 e. The molecule has 0 spiro atoms. The van der Waals surface area contributed by atoms with Crippen molar-refractivity contribution in [3.8, 4) is 0 Å². The minimum atomic E-state index is -0.494. The van der Waals surface area contributed by atoms with Gasteiger partial charge in [-0.25, -0.2) is 0 Å². The van der Waals surface area contributed by atoms with E-state index < -0.39 is 4.92 Å². The summed E-state index contributed by atoms with van der Waals surface area (Å²) in [6.07, 6.45) is 4.37. The summed E-state index contributed by atoms with van der Waals surface area (Å²) in [5, 5.41) is 19.6. The minimum Gasteiger partial charge on any atom is -0.391 e. The van der Waals surface area contributed by atoms with Crippen LogP contribution < -0.4 is 5.73 Å². The molecule has 1 aromatic rings. The predicted octanol–water partition coefficient (Wildman–Crippen LogP) is 1.45. The van der Waals surface area contributed by atoms with Gasteiger partial charge in [-0.15, -0.1) is 0 Å². The fraction of sp³-hybridized carbons (Fsp3) is 0.273. The molecule has 0 radical (unpaired) electrons. The first-order chi connectivity index (χ1) is 7.69. The van der Waals surface area contributed by atoms with Crippen LogP contribution in [0.5, 0.6) is 0 Å². The molecule has 86 valence electrons. The van der Waals surface area contributed by atoms with Gasteiger partial charge in [0.2, 0.25) is 0 Å². The molecule has 0 unspecified atom stereocenters. The van der Waals surface area contributed by atoms with Gasteiger partial charge in [0.1, 0.15) is 0 Å². The van der Waals surface area contributed by atoms with E-state index in [4.69, 9.17) is 10.8 Å². The fourth-order valence-electron chi connectivity index (χ4n) is 1.30. The summed E-state index contributed by atoms with van der Waals surface area (Å²) in [5.41, 5.74) is 6.32. The van der Waals surface area contributed by atoms with Gasteiger partial charge in [0.25, 0.3) is 5.69 Å². The van der Waals surface area contributed by atoms with E-state index in [-0.39, 0.29) is 12.3 Å². The van der Waals surface area contributed by atoms with Crippen molar-refractivity contribution in [2.24, 2.45) is 5.73 Å². The SMILES string of the molecule is NCCC=Cc1ccc(CO)c([N+](=O)[O-])c1. The van der Waals surface area contributed by atoms with Gasteiger partial charge in [0.15, 0.2) is 0 Å². The lowest BCUT2D eigenvalue weighted by atomic mass is 10.1. The number of nitrogens with zero attached hydrogens (tertiary/aromatic N) is 1. The number of nitro benzene ring substituents is 1. The molecule has 0 saturated heterocycles. The van der Waals surface area contributed by atoms with Crippen molar-refractivity contribution < 1.29 is 10.0 Å². The van der Waals surface area contributed by atoms with Crippen molar-refractivity contribution >= 4 is 11.8 Å². The Labute approximate surface area is 93.4 Å². The molecule has 0 amide bonds. The highest BCUT2D eigenvalue weighted by Gasteiger charge is 2.12. The Morgan fingerprint density at radius 3 is 2.81 bits per heavy atom. The second kappa shape index (κ2) is 5.99. The smallest absolute Gasteiger partial charge is 0.275 e. The number of hydrogen-bond donors (Lipinski definition) is 2. The van der Waals surface area contributed by atoms with Gasteiger partial charge in [-0.2, -0.15) is 0 Å². The zero-order valence-electron chi connectivity index (χ0n) is 8.80. The molecule has 1 aromatic carbocycles. The maximum atomic E-state index is 10.7. The number of rotatable bonds is 5. The quantitative estimate of drug-likeness (QED) is 0.582. The van der Waals surface area contributed by atoms with Gasteiger partial charge in [-0.3, -0.25) is 10.1 Å². The molecule has 16 heavy (non-hydrogen) atoms. The Balaban J connectivity index is 2.98. The van der Waals surface area contributed by atoms with Crippen LogP contribution in [-0.4, -0.2) is 16.6 Å². The van der Waals surface area contributed by atoms with Crippen LogP contribution in [0, 0.1) is 10.1 Å². The monoisotopic (exact) mass is 222 g/mol. The molecular weight excluding hydrogens is 208 g/mol. The number of aliphatic hydroxyl groups is 1. The number of benzene rings is 1. The summed E-state index contributed by atoms with van der Waals surface area (Å²) in [6.45, 7) is 0.219. The highest BCUT2D eigenvalue weighted by molar-refractivity contribution is 5.56. The predicted molar refractivity (Wildman–Crippen MR) is 61.7 cm³/mol. The number of nitro groups is 1. The molecule has 5 heteroatoms. The van der Waals surface area contributed by atoms with Crippen LogP contribution in [0.1, 0.15) is 17.5 Å². The number of hydrogen-bond acceptors (Lipinski definition) is 4. The molecule has 1 rings (SSSR count). The van der Waals surface area contributed by atoms with E-state index in [1.54, 1.807) is 18.2 Å². The molecule has 0 fully saturated rings. The average Bonchev–Trinajstić information content (AvgIpc) is 2.29. The van der Waals surface area contributed by atoms with Crippen molar-refractivity contribution in [2.75, 3.05) is 6.54 Å².